The number of aryl methyl sites for hydroxylation is 1. The molecule has 1 aliphatic heterocycles. The zero-order valence-corrected chi connectivity index (χ0v) is 16.4. The maximum absolute atomic E-state index is 6.15. The van der Waals surface area contributed by atoms with Crippen molar-refractivity contribution in [2.24, 2.45) is 5.73 Å². The summed E-state index contributed by atoms with van der Waals surface area (Å²) in [6.07, 6.45) is 5.86. The molecule has 5 heterocycles. The Balaban J connectivity index is 1.55. The number of nitrogens with zero attached hydrogens (tertiary/aromatic N) is 6. The lowest BCUT2D eigenvalue weighted by Gasteiger charge is -2.31. The molecule has 1 atom stereocenters. The van der Waals surface area contributed by atoms with E-state index in [1.165, 1.54) is 11.5 Å². The van der Waals surface area contributed by atoms with Crippen molar-refractivity contribution in [1.82, 2.24) is 24.1 Å². The van der Waals surface area contributed by atoms with Crippen LogP contribution >= 0.6 is 11.5 Å². The van der Waals surface area contributed by atoms with E-state index in [2.05, 4.69) is 31.5 Å². The van der Waals surface area contributed by atoms with Gasteiger partial charge in [0.15, 0.2) is 5.82 Å². The van der Waals surface area contributed by atoms with E-state index in [0.717, 1.165) is 64.7 Å². The molecule has 0 bridgehead atoms. The SMILES string of the molecule is Cc1cc(-c2cc3c(cn2)cnn3-c2cccc(N3CCC[C@H](N)C3)n2)sn1. The fraction of sp³-hybridized carbons (Fsp3) is 0.300. The number of aromatic nitrogens is 5. The van der Waals surface area contributed by atoms with Crippen molar-refractivity contribution in [3.8, 4) is 16.4 Å². The average Bonchev–Trinajstić information content (AvgIpc) is 3.34. The second-order valence-corrected chi connectivity index (χ2v) is 8.02. The van der Waals surface area contributed by atoms with Gasteiger partial charge in [-0.2, -0.15) is 9.47 Å². The van der Waals surface area contributed by atoms with E-state index in [0.29, 0.717) is 0 Å². The molecule has 4 aromatic heterocycles. The zero-order valence-electron chi connectivity index (χ0n) is 15.6. The first-order chi connectivity index (χ1) is 13.7. The van der Waals surface area contributed by atoms with Gasteiger partial charge in [0.2, 0.25) is 0 Å². The molecule has 0 radical (unpaired) electrons. The van der Waals surface area contributed by atoms with Crippen LogP contribution in [0.3, 0.4) is 0 Å². The highest BCUT2D eigenvalue weighted by Crippen LogP contribution is 2.27. The summed E-state index contributed by atoms with van der Waals surface area (Å²) < 4.78 is 6.24. The molecule has 7 nitrogen and oxygen atoms in total. The first-order valence-electron chi connectivity index (χ1n) is 9.43. The molecule has 0 spiro atoms. The van der Waals surface area contributed by atoms with Gasteiger partial charge in [0.05, 0.1) is 28.0 Å². The molecule has 0 saturated carbocycles. The van der Waals surface area contributed by atoms with Gasteiger partial charge in [-0.05, 0) is 55.6 Å². The van der Waals surface area contributed by atoms with Crippen LogP contribution in [-0.4, -0.2) is 43.3 Å². The van der Waals surface area contributed by atoms with Crippen LogP contribution < -0.4 is 10.6 Å². The summed E-state index contributed by atoms with van der Waals surface area (Å²) in [5, 5.41) is 5.55. The van der Waals surface area contributed by atoms with E-state index in [4.69, 9.17) is 10.7 Å². The third-order valence-electron chi connectivity index (χ3n) is 5.05. The van der Waals surface area contributed by atoms with E-state index < -0.39 is 0 Å². The molecule has 2 N–H and O–H groups in total. The van der Waals surface area contributed by atoms with Crippen molar-refractivity contribution < 1.29 is 0 Å². The van der Waals surface area contributed by atoms with E-state index in [-0.39, 0.29) is 6.04 Å². The summed E-state index contributed by atoms with van der Waals surface area (Å²) in [5.74, 6) is 1.74. The van der Waals surface area contributed by atoms with Gasteiger partial charge >= 0.3 is 0 Å². The van der Waals surface area contributed by atoms with Crippen molar-refractivity contribution in [2.45, 2.75) is 25.8 Å². The highest BCUT2D eigenvalue weighted by Gasteiger charge is 2.18. The van der Waals surface area contributed by atoms with Gasteiger partial charge in [0.25, 0.3) is 0 Å². The highest BCUT2D eigenvalue weighted by atomic mass is 32.1. The van der Waals surface area contributed by atoms with Crippen LogP contribution in [0.1, 0.15) is 18.5 Å². The first kappa shape index (κ1) is 17.3. The predicted octanol–water partition coefficient (Wildman–Crippen LogP) is 3.17. The molecule has 0 aromatic carbocycles. The number of piperidine rings is 1. The van der Waals surface area contributed by atoms with Gasteiger partial charge in [0, 0.05) is 30.7 Å². The molecule has 4 aromatic rings. The Bertz CT molecular complexity index is 1130. The number of pyridine rings is 2. The quantitative estimate of drug-likeness (QED) is 0.577. The summed E-state index contributed by atoms with van der Waals surface area (Å²) >= 11 is 1.46. The van der Waals surface area contributed by atoms with Crippen LogP contribution in [0.4, 0.5) is 5.82 Å². The van der Waals surface area contributed by atoms with E-state index >= 15 is 0 Å². The minimum Gasteiger partial charge on any atom is -0.355 e. The lowest BCUT2D eigenvalue weighted by atomic mass is 10.1. The summed E-state index contributed by atoms with van der Waals surface area (Å²) in [5.41, 5.74) is 9.03. The third kappa shape index (κ3) is 3.14. The Morgan fingerprint density at radius 3 is 2.89 bits per heavy atom. The number of anilines is 1. The number of fused-ring (bicyclic) bond motifs is 1. The number of hydrogen-bond donors (Lipinski definition) is 1. The fourth-order valence-corrected chi connectivity index (χ4v) is 4.37. The maximum atomic E-state index is 6.15. The zero-order chi connectivity index (χ0) is 19.1. The van der Waals surface area contributed by atoms with Gasteiger partial charge in [-0.15, -0.1) is 0 Å². The van der Waals surface area contributed by atoms with Gasteiger partial charge < -0.3 is 10.6 Å². The third-order valence-corrected chi connectivity index (χ3v) is 5.95. The fourth-order valence-electron chi connectivity index (χ4n) is 3.65. The van der Waals surface area contributed by atoms with Crippen molar-refractivity contribution in [1.29, 1.82) is 0 Å². The highest BCUT2D eigenvalue weighted by molar-refractivity contribution is 7.09. The largest absolute Gasteiger partial charge is 0.355 e. The van der Waals surface area contributed by atoms with Crippen molar-refractivity contribution in [3.05, 3.63) is 48.4 Å². The molecule has 1 saturated heterocycles. The van der Waals surface area contributed by atoms with Crippen LogP contribution in [0.25, 0.3) is 27.3 Å². The number of nitrogens with two attached hydrogens (primary N) is 1. The average molecular weight is 392 g/mol. The maximum Gasteiger partial charge on any atom is 0.156 e. The van der Waals surface area contributed by atoms with Crippen LogP contribution in [0.15, 0.2) is 42.7 Å². The molecule has 5 rings (SSSR count). The summed E-state index contributed by atoms with van der Waals surface area (Å²) in [6, 6.07) is 10.4. The Kier molecular flexibility index (Phi) is 4.29. The van der Waals surface area contributed by atoms with Crippen LogP contribution in [0.2, 0.25) is 0 Å². The van der Waals surface area contributed by atoms with Crippen molar-refractivity contribution >= 4 is 28.3 Å². The Labute approximate surface area is 167 Å². The van der Waals surface area contributed by atoms with Gasteiger partial charge in [-0.3, -0.25) is 4.98 Å². The van der Waals surface area contributed by atoms with Crippen LogP contribution in [0.5, 0.6) is 0 Å². The predicted molar refractivity (Wildman–Crippen MR) is 112 cm³/mol. The molecular weight excluding hydrogens is 370 g/mol. The Hall–Kier alpha value is -2.84. The molecule has 8 heteroatoms. The molecule has 142 valence electrons. The second-order valence-electron chi connectivity index (χ2n) is 7.22. The summed E-state index contributed by atoms with van der Waals surface area (Å²) in [6.45, 7) is 3.82. The lowest BCUT2D eigenvalue weighted by molar-refractivity contribution is 0.503. The molecule has 1 fully saturated rings. The van der Waals surface area contributed by atoms with Crippen LogP contribution in [-0.2, 0) is 0 Å². The topological polar surface area (TPSA) is 85.8 Å². The number of rotatable bonds is 3. The van der Waals surface area contributed by atoms with E-state index in [9.17, 15) is 0 Å². The summed E-state index contributed by atoms with van der Waals surface area (Å²) in [4.78, 5) is 12.8. The van der Waals surface area contributed by atoms with Crippen molar-refractivity contribution in [3.63, 3.8) is 0 Å². The monoisotopic (exact) mass is 391 g/mol. The van der Waals surface area contributed by atoms with Gasteiger partial charge in [-0.1, -0.05) is 6.07 Å². The Morgan fingerprint density at radius 1 is 1.18 bits per heavy atom. The minimum atomic E-state index is 0.209. The standard InChI is InChI=1S/C20H21N7S/c1-13-8-18(28-25-13)16-9-17-14(10-22-16)11-23-27(17)20-6-2-5-19(24-20)26-7-3-4-15(21)12-26/h2,5-6,8-11,15H,3-4,7,12,21H2,1H3/t15-/m0/s1. The molecule has 0 unspecified atom stereocenters. The van der Waals surface area contributed by atoms with Crippen LogP contribution in [0, 0.1) is 6.92 Å². The van der Waals surface area contributed by atoms with Gasteiger partial charge in [0.1, 0.15) is 5.82 Å². The summed E-state index contributed by atoms with van der Waals surface area (Å²) in [7, 11) is 0. The molecule has 0 amide bonds. The van der Waals surface area contributed by atoms with Crippen molar-refractivity contribution in [2.75, 3.05) is 18.0 Å². The smallest absolute Gasteiger partial charge is 0.156 e. The van der Waals surface area contributed by atoms with E-state index in [1.54, 1.807) is 0 Å². The molecular formula is C20H21N7S. The lowest BCUT2D eigenvalue weighted by Crippen LogP contribution is -2.43. The normalized spacial score (nSPS) is 17.4. The number of hydrogen-bond acceptors (Lipinski definition) is 7. The Morgan fingerprint density at radius 2 is 2.07 bits per heavy atom. The first-order valence-corrected chi connectivity index (χ1v) is 10.2. The molecule has 0 aliphatic carbocycles. The minimum absolute atomic E-state index is 0.209. The second kappa shape index (κ2) is 6.96. The molecule has 1 aliphatic rings. The molecule has 28 heavy (non-hydrogen) atoms. The van der Waals surface area contributed by atoms with E-state index in [1.807, 2.05) is 42.2 Å². The van der Waals surface area contributed by atoms with Gasteiger partial charge in [-0.25, -0.2) is 9.67 Å².